The molecular weight excluding hydrogens is 232 g/mol. The third kappa shape index (κ3) is 2.48. The Hall–Kier alpha value is -1.55. The fourth-order valence-corrected chi connectivity index (χ4v) is 1.89. The highest BCUT2D eigenvalue weighted by Gasteiger charge is 2.38. The van der Waals surface area contributed by atoms with E-state index in [-0.39, 0.29) is 11.4 Å². The van der Waals surface area contributed by atoms with E-state index in [9.17, 15) is 4.79 Å². The van der Waals surface area contributed by atoms with Gasteiger partial charge in [-0.25, -0.2) is 4.79 Å². The Balaban J connectivity index is 1.99. The number of ether oxygens (including phenoxy) is 3. The van der Waals surface area contributed by atoms with E-state index in [0.29, 0.717) is 31.1 Å². The topological polar surface area (TPSA) is 44.8 Å². The third-order valence-corrected chi connectivity index (χ3v) is 3.40. The second kappa shape index (κ2) is 5.40. The first-order valence-electron chi connectivity index (χ1n) is 6.09. The van der Waals surface area contributed by atoms with E-state index < -0.39 is 0 Å². The van der Waals surface area contributed by atoms with Crippen molar-refractivity contribution < 1.29 is 19.0 Å². The molecule has 18 heavy (non-hydrogen) atoms. The Kier molecular flexibility index (Phi) is 3.87. The molecule has 0 unspecified atom stereocenters. The number of esters is 1. The maximum atomic E-state index is 12.0. The molecule has 1 aromatic rings. The van der Waals surface area contributed by atoms with E-state index in [0.717, 1.165) is 6.42 Å². The quantitative estimate of drug-likeness (QED) is 0.752. The number of carbonyl (C=O) groups excluding carboxylic acids is 1. The SMILES string of the molecule is CCC1(COC(=O)c2ccccc2OC)COC1. The summed E-state index contributed by atoms with van der Waals surface area (Å²) in [6.45, 7) is 3.82. The first-order chi connectivity index (χ1) is 8.71. The van der Waals surface area contributed by atoms with Gasteiger partial charge in [-0.3, -0.25) is 0 Å². The molecule has 0 amide bonds. The van der Waals surface area contributed by atoms with E-state index in [2.05, 4.69) is 6.92 Å². The van der Waals surface area contributed by atoms with Crippen LogP contribution >= 0.6 is 0 Å². The summed E-state index contributed by atoms with van der Waals surface area (Å²) in [6.07, 6.45) is 0.951. The van der Waals surface area contributed by atoms with Crippen LogP contribution in [0.4, 0.5) is 0 Å². The van der Waals surface area contributed by atoms with E-state index in [1.54, 1.807) is 25.3 Å². The highest BCUT2D eigenvalue weighted by atomic mass is 16.5. The maximum absolute atomic E-state index is 12.0. The molecule has 1 aliphatic heterocycles. The van der Waals surface area contributed by atoms with Crippen molar-refractivity contribution in [1.82, 2.24) is 0 Å². The molecule has 1 heterocycles. The van der Waals surface area contributed by atoms with Crippen LogP contribution in [0.3, 0.4) is 0 Å². The molecule has 4 heteroatoms. The lowest BCUT2D eigenvalue weighted by Crippen LogP contribution is -2.46. The van der Waals surface area contributed by atoms with E-state index in [1.165, 1.54) is 0 Å². The summed E-state index contributed by atoms with van der Waals surface area (Å²) in [4.78, 5) is 12.0. The van der Waals surface area contributed by atoms with Crippen LogP contribution in [0, 0.1) is 5.41 Å². The predicted octanol–water partition coefficient (Wildman–Crippen LogP) is 2.28. The Morgan fingerprint density at radius 2 is 2.11 bits per heavy atom. The van der Waals surface area contributed by atoms with Crippen molar-refractivity contribution in [2.45, 2.75) is 13.3 Å². The zero-order valence-electron chi connectivity index (χ0n) is 10.8. The fraction of sp³-hybridized carbons (Fsp3) is 0.500. The molecule has 0 atom stereocenters. The molecular formula is C14H18O4. The van der Waals surface area contributed by atoms with Gasteiger partial charge in [0.05, 0.1) is 25.7 Å². The minimum atomic E-state index is -0.341. The summed E-state index contributed by atoms with van der Waals surface area (Å²) >= 11 is 0. The van der Waals surface area contributed by atoms with E-state index in [4.69, 9.17) is 14.2 Å². The average Bonchev–Trinajstić information content (AvgIpc) is 2.37. The standard InChI is InChI=1S/C14H18O4/c1-3-14(8-17-9-14)10-18-13(15)11-6-4-5-7-12(11)16-2/h4-7H,3,8-10H2,1-2H3. The lowest BCUT2D eigenvalue weighted by Gasteiger charge is -2.39. The van der Waals surface area contributed by atoms with Gasteiger partial charge in [0.25, 0.3) is 0 Å². The van der Waals surface area contributed by atoms with Gasteiger partial charge in [-0.15, -0.1) is 0 Å². The second-order valence-corrected chi connectivity index (χ2v) is 4.62. The molecule has 1 aromatic carbocycles. The first kappa shape index (κ1) is 12.9. The van der Waals surface area contributed by atoms with Gasteiger partial charge in [0, 0.05) is 0 Å². The van der Waals surface area contributed by atoms with Crippen LogP contribution in [0.25, 0.3) is 0 Å². The minimum absolute atomic E-state index is 0.0116. The van der Waals surface area contributed by atoms with Crippen LogP contribution in [0.1, 0.15) is 23.7 Å². The van der Waals surface area contributed by atoms with Gasteiger partial charge < -0.3 is 14.2 Å². The first-order valence-corrected chi connectivity index (χ1v) is 6.09. The Morgan fingerprint density at radius 3 is 2.67 bits per heavy atom. The predicted molar refractivity (Wildman–Crippen MR) is 66.8 cm³/mol. The molecule has 1 saturated heterocycles. The molecule has 0 saturated carbocycles. The summed E-state index contributed by atoms with van der Waals surface area (Å²) in [5, 5.41) is 0. The molecule has 0 spiro atoms. The molecule has 1 fully saturated rings. The molecule has 98 valence electrons. The third-order valence-electron chi connectivity index (χ3n) is 3.40. The van der Waals surface area contributed by atoms with E-state index in [1.807, 2.05) is 6.07 Å². The maximum Gasteiger partial charge on any atom is 0.341 e. The molecule has 0 aliphatic carbocycles. The fourth-order valence-electron chi connectivity index (χ4n) is 1.89. The van der Waals surface area contributed by atoms with Crippen molar-refractivity contribution >= 4 is 5.97 Å². The van der Waals surface area contributed by atoms with Crippen LogP contribution in [0.15, 0.2) is 24.3 Å². The zero-order valence-corrected chi connectivity index (χ0v) is 10.8. The number of hydrogen-bond donors (Lipinski definition) is 0. The number of methoxy groups -OCH3 is 1. The summed E-state index contributed by atoms with van der Waals surface area (Å²) < 4.78 is 15.7. The lowest BCUT2D eigenvalue weighted by molar-refractivity contribution is -0.140. The minimum Gasteiger partial charge on any atom is -0.496 e. The summed E-state index contributed by atoms with van der Waals surface area (Å²) in [5.74, 6) is 0.199. The number of carbonyl (C=O) groups is 1. The van der Waals surface area contributed by atoms with Crippen LogP contribution in [0.2, 0.25) is 0 Å². The van der Waals surface area contributed by atoms with Gasteiger partial charge in [0.1, 0.15) is 17.9 Å². The highest BCUT2D eigenvalue weighted by Crippen LogP contribution is 2.32. The number of rotatable bonds is 5. The zero-order chi connectivity index (χ0) is 13.0. The molecule has 0 bridgehead atoms. The van der Waals surface area contributed by atoms with Crippen LogP contribution in [0.5, 0.6) is 5.75 Å². The van der Waals surface area contributed by atoms with Crippen molar-refractivity contribution in [3.05, 3.63) is 29.8 Å². The van der Waals surface area contributed by atoms with Gasteiger partial charge in [0.2, 0.25) is 0 Å². The monoisotopic (exact) mass is 250 g/mol. The number of benzene rings is 1. The normalized spacial score (nSPS) is 16.8. The largest absolute Gasteiger partial charge is 0.496 e. The Bertz CT molecular complexity index is 418. The number of para-hydroxylation sites is 1. The summed E-state index contributed by atoms with van der Waals surface area (Å²) in [5.41, 5.74) is 0.476. The molecule has 0 N–H and O–H groups in total. The summed E-state index contributed by atoms with van der Waals surface area (Å²) in [7, 11) is 1.54. The smallest absolute Gasteiger partial charge is 0.341 e. The molecule has 0 aromatic heterocycles. The summed E-state index contributed by atoms with van der Waals surface area (Å²) in [6, 6.07) is 7.07. The van der Waals surface area contributed by atoms with Gasteiger partial charge in [0.15, 0.2) is 0 Å². The Labute approximate surface area is 107 Å². The highest BCUT2D eigenvalue weighted by molar-refractivity contribution is 5.92. The number of hydrogen-bond acceptors (Lipinski definition) is 4. The van der Waals surface area contributed by atoms with Gasteiger partial charge >= 0.3 is 5.97 Å². The van der Waals surface area contributed by atoms with Crippen LogP contribution < -0.4 is 4.74 Å². The molecule has 2 rings (SSSR count). The van der Waals surface area contributed by atoms with Gasteiger partial charge in [-0.1, -0.05) is 19.1 Å². The van der Waals surface area contributed by atoms with Crippen molar-refractivity contribution in [2.75, 3.05) is 26.9 Å². The lowest BCUT2D eigenvalue weighted by atomic mass is 9.84. The average molecular weight is 250 g/mol. The van der Waals surface area contributed by atoms with Crippen molar-refractivity contribution in [1.29, 1.82) is 0 Å². The van der Waals surface area contributed by atoms with Gasteiger partial charge in [-0.05, 0) is 18.6 Å². The van der Waals surface area contributed by atoms with Crippen molar-refractivity contribution in [3.63, 3.8) is 0 Å². The molecule has 0 radical (unpaired) electrons. The van der Waals surface area contributed by atoms with Crippen LogP contribution in [-0.4, -0.2) is 32.9 Å². The Morgan fingerprint density at radius 1 is 1.39 bits per heavy atom. The molecule has 4 nitrogen and oxygen atoms in total. The molecule has 1 aliphatic rings. The van der Waals surface area contributed by atoms with Crippen molar-refractivity contribution in [3.8, 4) is 5.75 Å². The van der Waals surface area contributed by atoms with E-state index >= 15 is 0 Å². The van der Waals surface area contributed by atoms with Crippen molar-refractivity contribution in [2.24, 2.45) is 5.41 Å². The second-order valence-electron chi connectivity index (χ2n) is 4.62. The van der Waals surface area contributed by atoms with Crippen LogP contribution in [-0.2, 0) is 9.47 Å². The van der Waals surface area contributed by atoms with Gasteiger partial charge in [-0.2, -0.15) is 0 Å².